The number of anilines is 1. The number of nitrogens with zero attached hydrogens (tertiary/aromatic N) is 2. The average Bonchev–Trinajstić information content (AvgIpc) is 2.85. The number of aryl methyl sites for hydroxylation is 1. The third kappa shape index (κ3) is 7.68. The number of nitriles is 1. The molecule has 36 heavy (non-hydrogen) atoms. The molecule has 0 aliphatic rings. The lowest BCUT2D eigenvalue weighted by molar-refractivity contribution is -0.136. The van der Waals surface area contributed by atoms with Crippen molar-refractivity contribution in [1.82, 2.24) is 5.43 Å². The van der Waals surface area contributed by atoms with Crippen LogP contribution in [-0.4, -0.2) is 24.6 Å². The summed E-state index contributed by atoms with van der Waals surface area (Å²) in [5, 5.41) is 15.1. The fourth-order valence-electron chi connectivity index (χ4n) is 3.22. The molecule has 3 aromatic carbocycles. The monoisotopic (exact) mass is 548 g/mol. The molecule has 2 amide bonds. The van der Waals surface area contributed by atoms with Gasteiger partial charge in [0.05, 0.1) is 29.8 Å². The Balaban J connectivity index is 1.62. The van der Waals surface area contributed by atoms with Crippen molar-refractivity contribution in [2.45, 2.75) is 26.9 Å². The van der Waals surface area contributed by atoms with E-state index in [0.717, 1.165) is 16.7 Å². The van der Waals surface area contributed by atoms with Gasteiger partial charge in [0.25, 0.3) is 0 Å². The highest BCUT2D eigenvalue weighted by molar-refractivity contribution is 9.10. The molecular formula is C27H25BrN4O4. The van der Waals surface area contributed by atoms with Crippen molar-refractivity contribution in [2.75, 3.05) is 11.9 Å². The molecule has 9 heteroatoms. The molecule has 0 saturated heterocycles. The second kappa shape index (κ2) is 13.1. The Hall–Kier alpha value is -4.16. The summed E-state index contributed by atoms with van der Waals surface area (Å²) in [6.07, 6.45) is 1.67. The molecule has 0 radical (unpaired) electrons. The fraction of sp³-hybridized carbons (Fsp3) is 0.185. The molecule has 0 spiro atoms. The lowest BCUT2D eigenvalue weighted by Crippen LogP contribution is -2.32. The Bertz CT molecular complexity index is 1300. The van der Waals surface area contributed by atoms with Crippen LogP contribution in [0.5, 0.6) is 11.5 Å². The van der Waals surface area contributed by atoms with Gasteiger partial charge in [-0.1, -0.05) is 42.0 Å². The molecule has 0 saturated carbocycles. The third-order valence-electron chi connectivity index (χ3n) is 4.88. The minimum atomic E-state index is -0.922. The lowest BCUT2D eigenvalue weighted by atomic mass is 10.1. The first-order valence-corrected chi connectivity index (χ1v) is 11.9. The molecule has 0 bridgehead atoms. The first-order chi connectivity index (χ1) is 17.4. The fourth-order valence-corrected chi connectivity index (χ4v) is 3.80. The molecule has 0 aliphatic carbocycles. The van der Waals surface area contributed by atoms with Crippen molar-refractivity contribution in [3.05, 3.63) is 87.4 Å². The maximum atomic E-state index is 12.1. The van der Waals surface area contributed by atoms with Gasteiger partial charge in [0.15, 0.2) is 11.5 Å². The van der Waals surface area contributed by atoms with Crippen LogP contribution in [0.25, 0.3) is 0 Å². The van der Waals surface area contributed by atoms with E-state index in [2.05, 4.69) is 37.8 Å². The second-order valence-electron chi connectivity index (χ2n) is 7.73. The Labute approximate surface area is 218 Å². The first-order valence-electron chi connectivity index (χ1n) is 11.1. The molecule has 0 aliphatic heterocycles. The second-order valence-corrected chi connectivity index (χ2v) is 8.58. The van der Waals surface area contributed by atoms with E-state index >= 15 is 0 Å². The number of hydrogen-bond donors (Lipinski definition) is 2. The normalized spacial score (nSPS) is 10.5. The standard InChI is InChI=1S/C27H25BrN4O4/c1-3-35-24-15-21(14-23(28)25(24)36-17-20-6-4-5-18(2)13-20)16-30-32-27(34)26(33)31-22-9-7-19(8-10-22)11-12-29/h4-10,13-16H,3,11,17H2,1-2H3,(H,31,33)(H,32,34)/b30-16+. The molecule has 8 nitrogen and oxygen atoms in total. The van der Waals surface area contributed by atoms with Gasteiger partial charge in [-0.05, 0) is 70.7 Å². The van der Waals surface area contributed by atoms with Crippen LogP contribution in [0.1, 0.15) is 29.2 Å². The number of carbonyl (C=O) groups is 2. The van der Waals surface area contributed by atoms with Crippen molar-refractivity contribution in [2.24, 2.45) is 5.10 Å². The molecule has 0 atom stereocenters. The van der Waals surface area contributed by atoms with E-state index in [1.807, 2.05) is 38.1 Å². The number of amides is 2. The zero-order valence-electron chi connectivity index (χ0n) is 19.9. The van der Waals surface area contributed by atoms with Crippen LogP contribution in [0.2, 0.25) is 0 Å². The van der Waals surface area contributed by atoms with Crippen molar-refractivity contribution in [3.63, 3.8) is 0 Å². The van der Waals surface area contributed by atoms with Gasteiger partial charge in [0.1, 0.15) is 6.61 Å². The van der Waals surface area contributed by atoms with Crippen LogP contribution in [0.15, 0.2) is 70.2 Å². The number of rotatable bonds is 9. The molecule has 3 rings (SSSR count). The zero-order chi connectivity index (χ0) is 25.9. The summed E-state index contributed by atoms with van der Waals surface area (Å²) in [4.78, 5) is 24.2. The first kappa shape index (κ1) is 26.4. The van der Waals surface area contributed by atoms with Crippen molar-refractivity contribution >= 4 is 39.6 Å². The van der Waals surface area contributed by atoms with Crippen LogP contribution >= 0.6 is 15.9 Å². The number of hydrogen-bond acceptors (Lipinski definition) is 6. The van der Waals surface area contributed by atoms with Gasteiger partial charge in [-0.15, -0.1) is 0 Å². The highest BCUT2D eigenvalue weighted by Gasteiger charge is 2.14. The van der Waals surface area contributed by atoms with Crippen LogP contribution in [0.4, 0.5) is 5.69 Å². The Morgan fingerprint density at radius 1 is 1.06 bits per heavy atom. The number of halogens is 1. The minimum absolute atomic E-state index is 0.268. The van der Waals surface area contributed by atoms with E-state index in [4.69, 9.17) is 14.7 Å². The van der Waals surface area contributed by atoms with Crippen molar-refractivity contribution < 1.29 is 19.1 Å². The Morgan fingerprint density at radius 2 is 1.83 bits per heavy atom. The minimum Gasteiger partial charge on any atom is -0.490 e. The summed E-state index contributed by atoms with van der Waals surface area (Å²) in [6, 6.07) is 20.3. The van der Waals surface area contributed by atoms with E-state index < -0.39 is 11.8 Å². The van der Waals surface area contributed by atoms with E-state index in [0.29, 0.717) is 40.4 Å². The molecule has 0 unspecified atom stereocenters. The van der Waals surface area contributed by atoms with Gasteiger partial charge in [-0.3, -0.25) is 9.59 Å². The number of benzene rings is 3. The predicted octanol–water partition coefficient (Wildman–Crippen LogP) is 4.89. The van der Waals surface area contributed by atoms with E-state index in [9.17, 15) is 9.59 Å². The topological polar surface area (TPSA) is 113 Å². The van der Waals surface area contributed by atoms with Gasteiger partial charge < -0.3 is 14.8 Å². The quantitative estimate of drug-likeness (QED) is 0.224. The molecule has 0 heterocycles. The van der Waals surface area contributed by atoms with Crippen LogP contribution in [0, 0.1) is 18.3 Å². The van der Waals surface area contributed by atoms with E-state index in [1.54, 1.807) is 36.4 Å². The van der Waals surface area contributed by atoms with Gasteiger partial charge in [0.2, 0.25) is 0 Å². The summed E-state index contributed by atoms with van der Waals surface area (Å²) in [5.74, 6) is -0.713. The van der Waals surface area contributed by atoms with Gasteiger partial charge >= 0.3 is 11.8 Å². The highest BCUT2D eigenvalue weighted by atomic mass is 79.9. The number of hydrazone groups is 1. The largest absolute Gasteiger partial charge is 0.490 e. The van der Waals surface area contributed by atoms with Gasteiger partial charge in [0, 0.05) is 5.69 Å². The SMILES string of the molecule is CCOc1cc(/C=N/NC(=O)C(=O)Nc2ccc(CC#N)cc2)cc(Br)c1OCc1cccc(C)c1. The summed E-state index contributed by atoms with van der Waals surface area (Å²) >= 11 is 3.52. The van der Waals surface area contributed by atoms with Crippen LogP contribution in [0.3, 0.4) is 0 Å². The number of carbonyl (C=O) groups excluding carboxylic acids is 2. The molecular weight excluding hydrogens is 524 g/mol. The van der Waals surface area contributed by atoms with Gasteiger partial charge in [-0.2, -0.15) is 10.4 Å². The molecule has 184 valence electrons. The zero-order valence-corrected chi connectivity index (χ0v) is 21.5. The number of nitrogens with one attached hydrogen (secondary N) is 2. The van der Waals surface area contributed by atoms with Crippen LogP contribution < -0.4 is 20.2 Å². The molecule has 2 N–H and O–H groups in total. The molecule has 0 aromatic heterocycles. The Kier molecular flexibility index (Phi) is 9.60. The summed E-state index contributed by atoms with van der Waals surface area (Å²) in [7, 11) is 0. The van der Waals surface area contributed by atoms with Gasteiger partial charge in [-0.25, -0.2) is 5.43 Å². The highest BCUT2D eigenvalue weighted by Crippen LogP contribution is 2.37. The maximum Gasteiger partial charge on any atom is 0.329 e. The Morgan fingerprint density at radius 3 is 2.53 bits per heavy atom. The van der Waals surface area contributed by atoms with Crippen molar-refractivity contribution in [3.8, 4) is 17.6 Å². The summed E-state index contributed by atoms with van der Waals surface area (Å²) in [5.41, 5.74) is 6.27. The van der Waals surface area contributed by atoms with E-state index in [1.165, 1.54) is 6.21 Å². The van der Waals surface area contributed by atoms with Crippen molar-refractivity contribution in [1.29, 1.82) is 5.26 Å². The summed E-state index contributed by atoms with van der Waals surface area (Å²) in [6.45, 7) is 4.70. The molecule has 3 aromatic rings. The molecule has 0 fully saturated rings. The predicted molar refractivity (Wildman–Crippen MR) is 141 cm³/mol. The van der Waals surface area contributed by atoms with E-state index in [-0.39, 0.29) is 6.42 Å². The number of ether oxygens (including phenoxy) is 2. The van der Waals surface area contributed by atoms with Crippen LogP contribution in [-0.2, 0) is 22.6 Å². The smallest absolute Gasteiger partial charge is 0.329 e. The average molecular weight is 549 g/mol. The lowest BCUT2D eigenvalue weighted by Gasteiger charge is -2.15. The summed E-state index contributed by atoms with van der Waals surface area (Å²) < 4.78 is 12.4. The maximum absolute atomic E-state index is 12.1. The third-order valence-corrected chi connectivity index (χ3v) is 5.47.